The van der Waals surface area contributed by atoms with Crippen LogP contribution in [0.1, 0.15) is 5.69 Å². The molecule has 14 heavy (non-hydrogen) atoms. The van der Waals surface area contributed by atoms with Gasteiger partial charge in [0.25, 0.3) is 0 Å². The average Bonchev–Trinajstić information content (AvgIpc) is 2.57. The molecule has 1 aliphatic heterocycles. The van der Waals surface area contributed by atoms with E-state index in [9.17, 15) is 0 Å². The SMILES string of the molecule is c1cc2n3c(cnc3c1)CNCCS2. The van der Waals surface area contributed by atoms with E-state index in [1.54, 1.807) is 0 Å². The summed E-state index contributed by atoms with van der Waals surface area (Å²) in [6.07, 6.45) is 1.96. The Bertz CT molecular complexity index is 463. The minimum Gasteiger partial charge on any atom is -0.310 e. The van der Waals surface area contributed by atoms with E-state index in [0.717, 1.165) is 24.5 Å². The molecule has 0 saturated carbocycles. The van der Waals surface area contributed by atoms with Gasteiger partial charge in [0.05, 0.1) is 16.9 Å². The van der Waals surface area contributed by atoms with Gasteiger partial charge in [0.2, 0.25) is 0 Å². The second kappa shape index (κ2) is 3.29. The Morgan fingerprint density at radius 2 is 2.43 bits per heavy atom. The number of hydrogen-bond donors (Lipinski definition) is 1. The van der Waals surface area contributed by atoms with Crippen molar-refractivity contribution in [2.45, 2.75) is 11.6 Å². The van der Waals surface area contributed by atoms with Crippen molar-refractivity contribution in [2.24, 2.45) is 0 Å². The molecular weight excluding hydrogens is 194 g/mol. The highest BCUT2D eigenvalue weighted by Crippen LogP contribution is 2.22. The van der Waals surface area contributed by atoms with E-state index in [2.05, 4.69) is 32.9 Å². The van der Waals surface area contributed by atoms with Crippen LogP contribution < -0.4 is 5.32 Å². The Morgan fingerprint density at radius 1 is 1.43 bits per heavy atom. The van der Waals surface area contributed by atoms with Crippen LogP contribution in [0.2, 0.25) is 0 Å². The second-order valence-corrected chi connectivity index (χ2v) is 4.45. The van der Waals surface area contributed by atoms with Gasteiger partial charge in [-0.15, -0.1) is 11.8 Å². The molecule has 4 heteroatoms. The Morgan fingerprint density at radius 3 is 3.43 bits per heavy atom. The van der Waals surface area contributed by atoms with E-state index < -0.39 is 0 Å². The summed E-state index contributed by atoms with van der Waals surface area (Å²) in [6, 6.07) is 6.28. The number of hydrogen-bond acceptors (Lipinski definition) is 3. The summed E-state index contributed by atoms with van der Waals surface area (Å²) >= 11 is 1.88. The van der Waals surface area contributed by atoms with Crippen LogP contribution in [0.3, 0.4) is 0 Å². The molecule has 0 unspecified atom stereocenters. The lowest BCUT2D eigenvalue weighted by molar-refractivity contribution is 0.693. The van der Waals surface area contributed by atoms with Crippen LogP contribution in [0.15, 0.2) is 29.4 Å². The molecule has 1 aliphatic rings. The molecule has 0 radical (unpaired) electrons. The highest BCUT2D eigenvalue weighted by Gasteiger charge is 2.09. The van der Waals surface area contributed by atoms with Crippen molar-refractivity contribution in [3.63, 3.8) is 0 Å². The number of pyridine rings is 1. The van der Waals surface area contributed by atoms with Crippen LogP contribution in [0.4, 0.5) is 0 Å². The standard InChI is InChI=1S/C10H11N3S/c1-2-9-12-7-8-6-11-4-5-14-10(3-1)13(8)9/h1-3,7,11H,4-6H2. The number of rotatable bonds is 0. The van der Waals surface area contributed by atoms with Gasteiger partial charge in [-0.3, -0.25) is 4.40 Å². The first-order valence-corrected chi connectivity index (χ1v) is 5.72. The summed E-state index contributed by atoms with van der Waals surface area (Å²) in [5, 5.41) is 4.69. The highest BCUT2D eigenvalue weighted by atomic mass is 32.2. The van der Waals surface area contributed by atoms with Crippen molar-refractivity contribution in [1.82, 2.24) is 14.7 Å². The molecule has 0 aromatic carbocycles. The van der Waals surface area contributed by atoms with Crippen LogP contribution in [0.25, 0.3) is 5.65 Å². The molecule has 0 fully saturated rings. The molecule has 0 spiro atoms. The van der Waals surface area contributed by atoms with E-state index in [0.29, 0.717) is 0 Å². The molecule has 0 atom stereocenters. The molecule has 0 bridgehead atoms. The van der Waals surface area contributed by atoms with Gasteiger partial charge >= 0.3 is 0 Å². The van der Waals surface area contributed by atoms with Crippen molar-refractivity contribution < 1.29 is 0 Å². The Labute approximate surface area is 86.5 Å². The third kappa shape index (κ3) is 1.22. The summed E-state index contributed by atoms with van der Waals surface area (Å²) < 4.78 is 2.23. The van der Waals surface area contributed by atoms with E-state index in [1.165, 1.54) is 10.7 Å². The van der Waals surface area contributed by atoms with E-state index in [4.69, 9.17) is 0 Å². The normalized spacial score (nSPS) is 16.6. The van der Waals surface area contributed by atoms with E-state index in [1.807, 2.05) is 18.0 Å². The van der Waals surface area contributed by atoms with Gasteiger partial charge in [-0.2, -0.15) is 0 Å². The summed E-state index contributed by atoms with van der Waals surface area (Å²) in [4.78, 5) is 4.38. The number of aromatic nitrogens is 2. The maximum absolute atomic E-state index is 4.38. The lowest BCUT2D eigenvalue weighted by Crippen LogP contribution is -2.20. The summed E-state index contributed by atoms with van der Waals surface area (Å²) in [7, 11) is 0. The first-order valence-electron chi connectivity index (χ1n) is 4.74. The van der Waals surface area contributed by atoms with Gasteiger partial charge < -0.3 is 5.32 Å². The quantitative estimate of drug-likeness (QED) is 0.707. The number of thioether (sulfide) groups is 1. The summed E-state index contributed by atoms with van der Waals surface area (Å²) in [6.45, 7) is 1.98. The number of nitrogens with zero attached hydrogens (tertiary/aromatic N) is 2. The third-order valence-corrected chi connectivity index (χ3v) is 3.42. The van der Waals surface area contributed by atoms with Gasteiger partial charge in [0, 0.05) is 18.8 Å². The van der Waals surface area contributed by atoms with Crippen molar-refractivity contribution in [1.29, 1.82) is 0 Å². The molecule has 2 aromatic rings. The Balaban J connectivity index is 2.28. The first-order chi connectivity index (χ1) is 6.95. The maximum Gasteiger partial charge on any atom is 0.137 e. The van der Waals surface area contributed by atoms with Crippen molar-refractivity contribution >= 4 is 17.4 Å². The number of nitrogens with one attached hydrogen (secondary N) is 1. The minimum absolute atomic E-state index is 0.915. The van der Waals surface area contributed by atoms with Crippen molar-refractivity contribution in [3.05, 3.63) is 30.1 Å². The fraction of sp³-hybridized carbons (Fsp3) is 0.300. The van der Waals surface area contributed by atoms with Crippen LogP contribution in [-0.4, -0.2) is 21.7 Å². The minimum atomic E-state index is 0.915. The molecule has 0 aliphatic carbocycles. The average molecular weight is 205 g/mol. The van der Waals surface area contributed by atoms with Crippen LogP contribution in [0.5, 0.6) is 0 Å². The smallest absolute Gasteiger partial charge is 0.137 e. The maximum atomic E-state index is 4.38. The fourth-order valence-corrected chi connectivity index (χ4v) is 2.72. The fourth-order valence-electron chi connectivity index (χ4n) is 1.75. The lowest BCUT2D eigenvalue weighted by atomic mass is 10.4. The zero-order chi connectivity index (χ0) is 9.38. The van der Waals surface area contributed by atoms with Gasteiger partial charge in [0.15, 0.2) is 0 Å². The van der Waals surface area contributed by atoms with Crippen LogP contribution in [0, 0.1) is 0 Å². The molecule has 3 nitrogen and oxygen atoms in total. The molecule has 72 valence electrons. The molecule has 2 aromatic heterocycles. The second-order valence-electron chi connectivity index (χ2n) is 3.33. The van der Waals surface area contributed by atoms with E-state index in [-0.39, 0.29) is 0 Å². The van der Waals surface area contributed by atoms with Gasteiger partial charge in [0.1, 0.15) is 5.65 Å². The van der Waals surface area contributed by atoms with Gasteiger partial charge in [-0.1, -0.05) is 6.07 Å². The molecular formula is C10H11N3S. The van der Waals surface area contributed by atoms with Gasteiger partial charge in [-0.25, -0.2) is 4.98 Å². The molecule has 0 saturated heterocycles. The zero-order valence-electron chi connectivity index (χ0n) is 7.73. The Kier molecular flexibility index (Phi) is 1.96. The molecule has 3 rings (SSSR count). The third-order valence-electron chi connectivity index (χ3n) is 2.40. The summed E-state index contributed by atoms with van der Waals surface area (Å²) in [5.41, 5.74) is 2.30. The predicted octanol–water partition coefficient (Wildman–Crippen LogP) is 1.53. The molecule has 0 amide bonds. The monoisotopic (exact) mass is 205 g/mol. The molecule has 3 heterocycles. The summed E-state index contributed by atoms with van der Waals surface area (Å²) in [5.74, 6) is 1.12. The molecule has 1 N–H and O–H groups in total. The Hall–Kier alpha value is -1.00. The lowest BCUT2D eigenvalue weighted by Gasteiger charge is -2.12. The van der Waals surface area contributed by atoms with Crippen molar-refractivity contribution in [2.75, 3.05) is 12.3 Å². The topological polar surface area (TPSA) is 29.3 Å². The zero-order valence-corrected chi connectivity index (χ0v) is 8.55. The van der Waals surface area contributed by atoms with Gasteiger partial charge in [-0.05, 0) is 12.1 Å². The predicted molar refractivity (Wildman–Crippen MR) is 57.6 cm³/mol. The van der Waals surface area contributed by atoms with Crippen molar-refractivity contribution in [3.8, 4) is 0 Å². The number of imidazole rings is 1. The van der Waals surface area contributed by atoms with E-state index >= 15 is 0 Å². The largest absolute Gasteiger partial charge is 0.310 e. The van der Waals surface area contributed by atoms with Crippen LogP contribution >= 0.6 is 11.8 Å². The van der Waals surface area contributed by atoms with Crippen LogP contribution in [-0.2, 0) is 6.54 Å². The first kappa shape index (κ1) is 8.32. The highest BCUT2D eigenvalue weighted by molar-refractivity contribution is 7.99.